The summed E-state index contributed by atoms with van der Waals surface area (Å²) >= 11 is 0. The first-order valence-corrected chi connectivity index (χ1v) is 6.11. The van der Waals surface area contributed by atoms with E-state index in [2.05, 4.69) is 22.3 Å². The van der Waals surface area contributed by atoms with Crippen LogP contribution in [0.15, 0.2) is 30.5 Å². The predicted octanol–water partition coefficient (Wildman–Crippen LogP) is 1.32. The fourth-order valence-corrected chi connectivity index (χ4v) is 1.75. The molecule has 0 aliphatic rings. The number of benzene rings is 1. The van der Waals surface area contributed by atoms with Gasteiger partial charge in [0, 0.05) is 30.4 Å². The van der Waals surface area contributed by atoms with Gasteiger partial charge in [-0.1, -0.05) is 11.8 Å². The van der Waals surface area contributed by atoms with Crippen LogP contribution in [-0.4, -0.2) is 27.4 Å². The van der Waals surface area contributed by atoms with Crippen LogP contribution >= 0.6 is 0 Å². The van der Waals surface area contributed by atoms with Crippen molar-refractivity contribution in [2.75, 3.05) is 11.9 Å². The Hall–Kier alpha value is -2.58. The topological polar surface area (TPSA) is 67.2 Å². The molecule has 0 saturated carbocycles. The zero-order valence-electron chi connectivity index (χ0n) is 11.3. The van der Waals surface area contributed by atoms with Gasteiger partial charge in [-0.3, -0.25) is 9.48 Å². The quantitative estimate of drug-likeness (QED) is 0.808. The van der Waals surface area contributed by atoms with E-state index in [-0.39, 0.29) is 12.5 Å². The molecule has 0 unspecified atom stereocenters. The molecule has 1 aromatic heterocycles. The molecule has 102 valence electrons. The Kier molecular flexibility index (Phi) is 4.18. The van der Waals surface area contributed by atoms with E-state index in [9.17, 15) is 4.79 Å². The second kappa shape index (κ2) is 6.04. The van der Waals surface area contributed by atoms with Crippen molar-refractivity contribution < 1.29 is 9.90 Å². The number of hydrogen-bond donors (Lipinski definition) is 2. The van der Waals surface area contributed by atoms with E-state index in [1.807, 2.05) is 6.92 Å². The molecule has 0 spiro atoms. The Morgan fingerprint density at radius 3 is 2.85 bits per heavy atom. The number of carbonyl (C=O) groups excluding carboxylic acids is 1. The van der Waals surface area contributed by atoms with Crippen LogP contribution in [0.25, 0.3) is 0 Å². The third-order valence-corrected chi connectivity index (χ3v) is 2.75. The first kappa shape index (κ1) is 13.8. The Balaban J connectivity index is 2.16. The molecule has 0 aliphatic heterocycles. The van der Waals surface area contributed by atoms with Crippen LogP contribution in [-0.2, 0) is 7.05 Å². The maximum Gasteiger partial charge on any atom is 0.256 e. The van der Waals surface area contributed by atoms with Gasteiger partial charge in [-0.25, -0.2) is 0 Å². The van der Waals surface area contributed by atoms with E-state index in [1.165, 1.54) is 0 Å². The lowest BCUT2D eigenvalue weighted by Gasteiger charge is -2.04. The number of aromatic nitrogens is 2. The van der Waals surface area contributed by atoms with Gasteiger partial charge in [0.15, 0.2) is 5.82 Å². The van der Waals surface area contributed by atoms with Gasteiger partial charge in [0.2, 0.25) is 0 Å². The fourth-order valence-electron chi connectivity index (χ4n) is 1.75. The average Bonchev–Trinajstić information content (AvgIpc) is 2.82. The Labute approximate surface area is 117 Å². The lowest BCUT2D eigenvalue weighted by atomic mass is 10.0. The van der Waals surface area contributed by atoms with Crippen molar-refractivity contribution in [1.29, 1.82) is 0 Å². The minimum atomic E-state index is -0.214. The van der Waals surface area contributed by atoms with E-state index >= 15 is 0 Å². The summed E-state index contributed by atoms with van der Waals surface area (Å²) in [7, 11) is 1.79. The lowest BCUT2D eigenvalue weighted by Crippen LogP contribution is -2.12. The van der Waals surface area contributed by atoms with E-state index in [0.29, 0.717) is 11.4 Å². The number of nitrogens with one attached hydrogen (secondary N) is 1. The molecular formula is C15H15N3O2. The molecule has 0 bridgehead atoms. The zero-order valence-corrected chi connectivity index (χ0v) is 11.3. The van der Waals surface area contributed by atoms with E-state index in [4.69, 9.17) is 5.11 Å². The zero-order chi connectivity index (χ0) is 14.5. The minimum absolute atomic E-state index is 0.179. The number of aliphatic hydroxyl groups excluding tert-OH is 1. The first-order chi connectivity index (χ1) is 9.60. The molecule has 2 rings (SSSR count). The van der Waals surface area contributed by atoms with Crippen LogP contribution in [0.1, 0.15) is 21.5 Å². The van der Waals surface area contributed by atoms with Crippen molar-refractivity contribution >= 4 is 11.7 Å². The van der Waals surface area contributed by atoms with Crippen LogP contribution in [0.2, 0.25) is 0 Å². The molecule has 20 heavy (non-hydrogen) atoms. The molecule has 1 heterocycles. The fraction of sp³-hybridized carbons (Fsp3) is 0.200. The van der Waals surface area contributed by atoms with Crippen LogP contribution in [0.3, 0.4) is 0 Å². The number of carbonyl (C=O) groups is 1. The summed E-state index contributed by atoms with van der Waals surface area (Å²) in [6.45, 7) is 1.69. The number of anilines is 1. The molecule has 5 heteroatoms. The van der Waals surface area contributed by atoms with Gasteiger partial charge in [-0.05, 0) is 30.7 Å². The number of aliphatic hydroxyl groups is 1. The minimum Gasteiger partial charge on any atom is -0.384 e. The predicted molar refractivity (Wildman–Crippen MR) is 76.3 cm³/mol. The van der Waals surface area contributed by atoms with Crippen LogP contribution in [0, 0.1) is 18.8 Å². The van der Waals surface area contributed by atoms with Gasteiger partial charge in [0.1, 0.15) is 6.61 Å². The second-order valence-electron chi connectivity index (χ2n) is 4.32. The van der Waals surface area contributed by atoms with Crippen molar-refractivity contribution in [3.8, 4) is 11.8 Å². The molecule has 2 aromatic rings. The highest BCUT2D eigenvalue weighted by molar-refractivity contribution is 6.03. The largest absolute Gasteiger partial charge is 0.384 e. The molecule has 0 saturated heterocycles. The number of rotatable bonds is 2. The van der Waals surface area contributed by atoms with E-state index < -0.39 is 0 Å². The summed E-state index contributed by atoms with van der Waals surface area (Å²) in [4.78, 5) is 12.1. The van der Waals surface area contributed by atoms with Gasteiger partial charge >= 0.3 is 0 Å². The summed E-state index contributed by atoms with van der Waals surface area (Å²) < 4.78 is 1.62. The summed E-state index contributed by atoms with van der Waals surface area (Å²) in [6.07, 6.45) is 1.76. The average molecular weight is 269 g/mol. The molecule has 0 fully saturated rings. The number of aryl methyl sites for hydroxylation is 2. The smallest absolute Gasteiger partial charge is 0.256 e. The molecular weight excluding hydrogens is 254 g/mol. The van der Waals surface area contributed by atoms with Gasteiger partial charge in [-0.2, -0.15) is 5.10 Å². The third kappa shape index (κ3) is 3.25. The molecule has 1 aromatic carbocycles. The maximum atomic E-state index is 12.1. The molecule has 0 radical (unpaired) electrons. The summed E-state index contributed by atoms with van der Waals surface area (Å²) in [5.41, 5.74) is 2.23. The monoisotopic (exact) mass is 269 g/mol. The molecule has 5 nitrogen and oxygen atoms in total. The highest BCUT2D eigenvalue weighted by atomic mass is 16.2. The summed E-state index contributed by atoms with van der Waals surface area (Å²) in [6, 6.07) is 6.96. The van der Waals surface area contributed by atoms with Gasteiger partial charge < -0.3 is 10.4 Å². The van der Waals surface area contributed by atoms with Gasteiger partial charge in [0.25, 0.3) is 5.91 Å². The standard InChI is InChI=1S/C15H15N3O2/c1-11-10-13(6-5-12(11)4-3-9-19)15(20)16-14-7-8-18(2)17-14/h5-8,10,19H,9H2,1-2H3,(H,16,17,20). The van der Waals surface area contributed by atoms with Crippen molar-refractivity contribution in [2.45, 2.75) is 6.92 Å². The van der Waals surface area contributed by atoms with E-state index in [1.54, 1.807) is 42.2 Å². The van der Waals surface area contributed by atoms with Crippen molar-refractivity contribution in [1.82, 2.24) is 9.78 Å². The highest BCUT2D eigenvalue weighted by Gasteiger charge is 2.08. The Bertz CT molecular complexity index is 693. The summed E-state index contributed by atoms with van der Waals surface area (Å²) in [5, 5.41) is 15.5. The second-order valence-corrected chi connectivity index (χ2v) is 4.32. The number of amides is 1. The van der Waals surface area contributed by atoms with Crippen molar-refractivity contribution in [3.05, 3.63) is 47.2 Å². The normalized spacial score (nSPS) is 9.75. The highest BCUT2D eigenvalue weighted by Crippen LogP contribution is 2.12. The first-order valence-electron chi connectivity index (χ1n) is 6.11. The lowest BCUT2D eigenvalue weighted by molar-refractivity contribution is 0.102. The summed E-state index contributed by atoms with van der Waals surface area (Å²) in [5.74, 6) is 5.72. The Morgan fingerprint density at radius 1 is 1.45 bits per heavy atom. The van der Waals surface area contributed by atoms with Crippen molar-refractivity contribution in [3.63, 3.8) is 0 Å². The van der Waals surface area contributed by atoms with Gasteiger partial charge in [-0.15, -0.1) is 0 Å². The van der Waals surface area contributed by atoms with E-state index in [0.717, 1.165) is 11.1 Å². The molecule has 0 atom stereocenters. The SMILES string of the molecule is Cc1cc(C(=O)Nc2ccn(C)n2)ccc1C#CCO. The molecule has 0 aliphatic carbocycles. The Morgan fingerprint density at radius 2 is 2.25 bits per heavy atom. The van der Waals surface area contributed by atoms with Crippen LogP contribution in [0.5, 0.6) is 0 Å². The number of hydrogen-bond acceptors (Lipinski definition) is 3. The number of nitrogens with zero attached hydrogens (tertiary/aromatic N) is 2. The third-order valence-electron chi connectivity index (χ3n) is 2.75. The van der Waals surface area contributed by atoms with Crippen LogP contribution < -0.4 is 5.32 Å². The van der Waals surface area contributed by atoms with Gasteiger partial charge in [0.05, 0.1) is 0 Å². The van der Waals surface area contributed by atoms with Crippen molar-refractivity contribution in [2.24, 2.45) is 7.05 Å². The van der Waals surface area contributed by atoms with Crippen LogP contribution in [0.4, 0.5) is 5.82 Å². The molecule has 1 amide bonds. The molecule has 2 N–H and O–H groups in total. The maximum absolute atomic E-state index is 12.1.